The van der Waals surface area contributed by atoms with Crippen LogP contribution in [0.2, 0.25) is 0 Å². The first-order chi connectivity index (χ1) is 8.69. The molecule has 0 aliphatic carbocycles. The zero-order chi connectivity index (χ0) is 13.0. The average Bonchev–Trinajstić information content (AvgIpc) is 2.40. The molecule has 1 unspecified atom stereocenters. The maximum absolute atomic E-state index is 9.59. The number of rotatable bonds is 4. The van der Waals surface area contributed by atoms with E-state index in [0.717, 1.165) is 38.9 Å². The van der Waals surface area contributed by atoms with Crippen LogP contribution >= 0.6 is 0 Å². The fourth-order valence-corrected chi connectivity index (χ4v) is 2.73. The van der Waals surface area contributed by atoms with E-state index in [-0.39, 0.29) is 6.10 Å². The molecule has 1 aromatic rings. The molecule has 0 spiro atoms. The second kappa shape index (κ2) is 6.35. The number of benzene rings is 1. The van der Waals surface area contributed by atoms with Crippen LogP contribution in [0.4, 0.5) is 0 Å². The van der Waals surface area contributed by atoms with E-state index in [1.807, 2.05) is 6.92 Å². The molecule has 1 aliphatic heterocycles. The van der Waals surface area contributed by atoms with Gasteiger partial charge in [-0.25, -0.2) is 0 Å². The summed E-state index contributed by atoms with van der Waals surface area (Å²) in [5, 5.41) is 9.59. The molecule has 1 N–H and O–H groups in total. The van der Waals surface area contributed by atoms with Crippen molar-refractivity contribution in [3.63, 3.8) is 0 Å². The number of nitrogens with zero attached hydrogens (tertiary/aromatic N) is 1. The van der Waals surface area contributed by atoms with E-state index in [1.54, 1.807) is 0 Å². The minimum atomic E-state index is -0.143. The zero-order valence-electron chi connectivity index (χ0n) is 11.6. The highest BCUT2D eigenvalue weighted by Gasteiger charge is 2.22. The lowest BCUT2D eigenvalue weighted by molar-refractivity contribution is 0.0695. The van der Waals surface area contributed by atoms with Gasteiger partial charge in [0.15, 0.2) is 0 Å². The molecule has 1 fully saturated rings. The van der Waals surface area contributed by atoms with Crippen molar-refractivity contribution >= 4 is 0 Å². The van der Waals surface area contributed by atoms with Crippen molar-refractivity contribution in [3.05, 3.63) is 35.4 Å². The van der Waals surface area contributed by atoms with Crippen LogP contribution in [0, 0.1) is 5.92 Å². The first-order valence-corrected chi connectivity index (χ1v) is 7.17. The highest BCUT2D eigenvalue weighted by atomic mass is 16.3. The van der Waals surface area contributed by atoms with Crippen molar-refractivity contribution in [2.45, 2.75) is 45.8 Å². The smallest absolute Gasteiger partial charge is 0.0541 e. The molecule has 1 aromatic carbocycles. The Hall–Kier alpha value is -0.860. The highest BCUT2D eigenvalue weighted by molar-refractivity contribution is 5.22. The number of piperidine rings is 1. The molecule has 100 valence electrons. The summed E-state index contributed by atoms with van der Waals surface area (Å²) < 4.78 is 0. The molecule has 0 radical (unpaired) electrons. The van der Waals surface area contributed by atoms with Crippen LogP contribution in [0.3, 0.4) is 0 Å². The van der Waals surface area contributed by atoms with Gasteiger partial charge >= 0.3 is 0 Å². The second-order valence-electron chi connectivity index (χ2n) is 5.52. The van der Waals surface area contributed by atoms with Crippen molar-refractivity contribution < 1.29 is 5.11 Å². The summed E-state index contributed by atoms with van der Waals surface area (Å²) in [4.78, 5) is 2.50. The van der Waals surface area contributed by atoms with Crippen LogP contribution in [0.15, 0.2) is 24.3 Å². The molecule has 0 bridgehead atoms. The first kappa shape index (κ1) is 13.6. The quantitative estimate of drug-likeness (QED) is 0.884. The van der Waals surface area contributed by atoms with E-state index in [1.165, 1.54) is 11.1 Å². The van der Waals surface area contributed by atoms with Crippen molar-refractivity contribution in [2.24, 2.45) is 5.92 Å². The van der Waals surface area contributed by atoms with Crippen LogP contribution in [-0.2, 0) is 13.0 Å². The van der Waals surface area contributed by atoms with E-state index >= 15 is 0 Å². The van der Waals surface area contributed by atoms with Crippen LogP contribution in [0.1, 0.15) is 37.8 Å². The van der Waals surface area contributed by atoms with E-state index in [9.17, 15) is 5.11 Å². The van der Waals surface area contributed by atoms with Crippen molar-refractivity contribution in [1.29, 1.82) is 0 Å². The van der Waals surface area contributed by atoms with Crippen molar-refractivity contribution in [2.75, 3.05) is 13.1 Å². The Morgan fingerprint density at radius 1 is 1.17 bits per heavy atom. The lowest BCUT2D eigenvalue weighted by Gasteiger charge is -2.33. The number of hydrogen-bond acceptors (Lipinski definition) is 2. The van der Waals surface area contributed by atoms with Gasteiger partial charge in [0.1, 0.15) is 0 Å². The fourth-order valence-electron chi connectivity index (χ4n) is 2.73. The lowest BCUT2D eigenvalue weighted by atomic mass is 9.92. The highest BCUT2D eigenvalue weighted by Crippen LogP contribution is 2.21. The van der Waals surface area contributed by atoms with Gasteiger partial charge in [0.05, 0.1) is 6.10 Å². The van der Waals surface area contributed by atoms with E-state index in [4.69, 9.17) is 0 Å². The normalized spacial score (nSPS) is 19.9. The maximum atomic E-state index is 9.59. The van der Waals surface area contributed by atoms with Gasteiger partial charge in [0.25, 0.3) is 0 Å². The molecule has 2 nitrogen and oxygen atoms in total. The summed E-state index contributed by atoms with van der Waals surface area (Å²) in [6.45, 7) is 7.40. The third-order valence-electron chi connectivity index (χ3n) is 4.15. The molecular weight excluding hydrogens is 222 g/mol. The van der Waals surface area contributed by atoms with Gasteiger partial charge in [-0.05, 0) is 56.3 Å². The second-order valence-corrected chi connectivity index (χ2v) is 5.52. The Balaban J connectivity index is 1.83. The molecule has 18 heavy (non-hydrogen) atoms. The minimum Gasteiger partial charge on any atom is -0.393 e. The summed E-state index contributed by atoms with van der Waals surface area (Å²) in [6, 6.07) is 8.97. The predicted octanol–water partition coefficient (Wildman–Crippen LogP) is 2.84. The third kappa shape index (κ3) is 3.56. The van der Waals surface area contributed by atoms with Crippen molar-refractivity contribution in [1.82, 2.24) is 4.90 Å². The third-order valence-corrected chi connectivity index (χ3v) is 4.15. The number of likely N-dealkylation sites (tertiary alicyclic amines) is 1. The number of aryl methyl sites for hydroxylation is 1. The molecule has 1 atom stereocenters. The number of aliphatic hydroxyl groups excluding tert-OH is 1. The van der Waals surface area contributed by atoms with Crippen LogP contribution < -0.4 is 0 Å². The molecule has 2 heteroatoms. The Morgan fingerprint density at radius 3 is 2.22 bits per heavy atom. The molecule has 0 saturated carbocycles. The fraction of sp³-hybridized carbons (Fsp3) is 0.625. The first-order valence-electron chi connectivity index (χ1n) is 7.17. The largest absolute Gasteiger partial charge is 0.393 e. The van der Waals surface area contributed by atoms with Gasteiger partial charge in [-0.1, -0.05) is 31.2 Å². The SMILES string of the molecule is CCc1ccc(CN2CCC(C(C)O)CC2)cc1. The minimum absolute atomic E-state index is 0.143. The Labute approximate surface area is 111 Å². The number of aliphatic hydroxyl groups is 1. The number of hydrogen-bond donors (Lipinski definition) is 1. The van der Waals surface area contributed by atoms with Crippen LogP contribution in [0.25, 0.3) is 0 Å². The molecular formula is C16H25NO. The maximum Gasteiger partial charge on any atom is 0.0541 e. The van der Waals surface area contributed by atoms with Gasteiger partial charge in [-0.3, -0.25) is 4.90 Å². The summed E-state index contributed by atoms with van der Waals surface area (Å²) in [7, 11) is 0. The molecule has 1 heterocycles. The zero-order valence-corrected chi connectivity index (χ0v) is 11.6. The monoisotopic (exact) mass is 247 g/mol. The average molecular weight is 247 g/mol. The standard InChI is InChI=1S/C16H25NO/c1-3-14-4-6-15(7-5-14)12-17-10-8-16(9-11-17)13(2)18/h4-7,13,16,18H,3,8-12H2,1-2H3. The molecule has 0 aromatic heterocycles. The lowest BCUT2D eigenvalue weighted by Crippen LogP contribution is -2.36. The van der Waals surface area contributed by atoms with Gasteiger partial charge in [-0.2, -0.15) is 0 Å². The van der Waals surface area contributed by atoms with Gasteiger partial charge in [0, 0.05) is 6.54 Å². The summed E-state index contributed by atoms with van der Waals surface area (Å²) in [5.74, 6) is 0.503. The molecule has 1 aliphatic rings. The van der Waals surface area contributed by atoms with Gasteiger partial charge in [-0.15, -0.1) is 0 Å². The van der Waals surface area contributed by atoms with Gasteiger partial charge in [0.2, 0.25) is 0 Å². The van der Waals surface area contributed by atoms with Gasteiger partial charge < -0.3 is 5.11 Å². The van der Waals surface area contributed by atoms with E-state index in [0.29, 0.717) is 5.92 Å². The Kier molecular flexibility index (Phi) is 4.79. The summed E-state index contributed by atoms with van der Waals surface area (Å²) >= 11 is 0. The Morgan fingerprint density at radius 2 is 1.72 bits per heavy atom. The molecule has 2 rings (SSSR count). The summed E-state index contributed by atoms with van der Waals surface area (Å²) in [5.41, 5.74) is 2.81. The van der Waals surface area contributed by atoms with E-state index in [2.05, 4.69) is 36.1 Å². The molecule has 1 saturated heterocycles. The van der Waals surface area contributed by atoms with Crippen LogP contribution in [-0.4, -0.2) is 29.2 Å². The predicted molar refractivity (Wildman–Crippen MR) is 75.5 cm³/mol. The van der Waals surface area contributed by atoms with Crippen molar-refractivity contribution in [3.8, 4) is 0 Å². The topological polar surface area (TPSA) is 23.5 Å². The summed E-state index contributed by atoms with van der Waals surface area (Å²) in [6.07, 6.45) is 3.23. The van der Waals surface area contributed by atoms with Crippen LogP contribution in [0.5, 0.6) is 0 Å². The molecule has 0 amide bonds. The van der Waals surface area contributed by atoms with E-state index < -0.39 is 0 Å². The Bertz CT molecular complexity index is 350.